The Labute approximate surface area is 81.1 Å². The van der Waals surface area contributed by atoms with E-state index in [1.54, 1.807) is 0 Å². The summed E-state index contributed by atoms with van der Waals surface area (Å²) in [5.41, 5.74) is 10.6. The molecule has 0 fully saturated rings. The van der Waals surface area contributed by atoms with Gasteiger partial charge < -0.3 is 5.73 Å². The van der Waals surface area contributed by atoms with E-state index in [-0.39, 0.29) is 0 Å². The number of nitrogens with one attached hydrogen (secondary N) is 1. The van der Waals surface area contributed by atoms with E-state index >= 15 is 0 Å². The van der Waals surface area contributed by atoms with Crippen LogP contribution < -0.4 is 0 Å². The predicted octanol–water partition coefficient (Wildman–Crippen LogP) is 3.85. The molecule has 0 spiro atoms. The molecule has 2 heteroatoms. The molecule has 0 radical (unpaired) electrons. The first-order valence-corrected chi connectivity index (χ1v) is 4.74. The lowest BCUT2D eigenvalue weighted by molar-refractivity contribution is 1.12. The third kappa shape index (κ3) is 1.67. The zero-order valence-electron chi connectivity index (χ0n) is 6.74. The molecule has 1 rings (SSSR count). The van der Waals surface area contributed by atoms with Gasteiger partial charge in [-0.15, -0.1) is 5.69 Å². The molecule has 1 N–H and O–H groups in total. The summed E-state index contributed by atoms with van der Waals surface area (Å²) in [6.45, 7) is 4.14. The Morgan fingerprint density at radius 3 is 2.64 bits per heavy atom. The zero-order valence-corrected chi connectivity index (χ0v) is 8.90. The van der Waals surface area contributed by atoms with Crippen LogP contribution >= 0.6 is 22.6 Å². The third-order valence-electron chi connectivity index (χ3n) is 1.85. The van der Waals surface area contributed by atoms with Crippen molar-refractivity contribution in [2.24, 2.45) is 0 Å². The number of aryl methyl sites for hydroxylation is 1. The molecule has 0 aliphatic heterocycles. The summed E-state index contributed by atoms with van der Waals surface area (Å²) in [6, 6.07) is 3.91. The van der Waals surface area contributed by atoms with E-state index in [0.29, 0.717) is 5.69 Å². The van der Waals surface area contributed by atoms with E-state index in [1.807, 2.05) is 19.1 Å². The van der Waals surface area contributed by atoms with E-state index < -0.39 is 0 Å². The molecule has 0 bridgehead atoms. The minimum atomic E-state index is 0.645. The van der Waals surface area contributed by atoms with Crippen LogP contribution in [-0.2, 0) is 6.42 Å². The zero-order chi connectivity index (χ0) is 8.43. The second-order valence-corrected chi connectivity index (χ2v) is 3.64. The van der Waals surface area contributed by atoms with Crippen LogP contribution in [0.3, 0.4) is 0 Å². The molecule has 0 heterocycles. The molecule has 11 heavy (non-hydrogen) atoms. The summed E-state index contributed by atoms with van der Waals surface area (Å²) in [7, 11) is 0. The van der Waals surface area contributed by atoms with E-state index in [2.05, 4.69) is 29.5 Å². The lowest BCUT2D eigenvalue weighted by Crippen LogP contribution is -1.88. The first-order chi connectivity index (χ1) is 5.16. The molecule has 0 aromatic heterocycles. The second kappa shape index (κ2) is 3.43. The van der Waals surface area contributed by atoms with Gasteiger partial charge in [0, 0.05) is 3.57 Å². The molecule has 0 saturated carbocycles. The van der Waals surface area contributed by atoms with Gasteiger partial charge in [0.15, 0.2) is 0 Å². The van der Waals surface area contributed by atoms with Crippen molar-refractivity contribution in [1.29, 1.82) is 0 Å². The molecular weight excluding hydrogens is 249 g/mol. The number of benzene rings is 1. The molecule has 1 nitrogen and oxygen atoms in total. The lowest BCUT2D eigenvalue weighted by atomic mass is 10.1. The molecule has 0 amide bonds. The molecule has 0 saturated heterocycles. The van der Waals surface area contributed by atoms with Crippen LogP contribution in [0, 0.1) is 10.5 Å². The van der Waals surface area contributed by atoms with Gasteiger partial charge in [0.2, 0.25) is 0 Å². The molecule has 1 aromatic rings. The fourth-order valence-corrected chi connectivity index (χ4v) is 1.87. The van der Waals surface area contributed by atoms with Gasteiger partial charge >= 0.3 is 0 Å². The Bertz CT molecular complexity index is 269. The second-order valence-electron chi connectivity index (χ2n) is 2.56. The molecule has 0 aliphatic carbocycles. The minimum Gasteiger partial charge on any atom is -0.698 e. The van der Waals surface area contributed by atoms with E-state index in [9.17, 15) is 0 Å². The van der Waals surface area contributed by atoms with Gasteiger partial charge in [-0.05, 0) is 41.5 Å². The quantitative estimate of drug-likeness (QED) is 0.685. The molecule has 0 aliphatic rings. The van der Waals surface area contributed by atoms with Crippen molar-refractivity contribution in [3.63, 3.8) is 0 Å². The van der Waals surface area contributed by atoms with Gasteiger partial charge in [0.25, 0.3) is 0 Å². The van der Waals surface area contributed by atoms with Crippen LogP contribution in [-0.4, -0.2) is 0 Å². The maximum Gasteiger partial charge on any atom is 0.0179 e. The van der Waals surface area contributed by atoms with Crippen LogP contribution in [0.15, 0.2) is 12.1 Å². The Balaban J connectivity index is 3.25. The van der Waals surface area contributed by atoms with Gasteiger partial charge in [-0.3, -0.25) is 0 Å². The Kier molecular flexibility index (Phi) is 2.76. The fourth-order valence-electron chi connectivity index (χ4n) is 1.01. The average molecular weight is 260 g/mol. The van der Waals surface area contributed by atoms with Gasteiger partial charge in [0.1, 0.15) is 0 Å². The summed E-state index contributed by atoms with van der Waals surface area (Å²) >= 11 is 2.31. The lowest BCUT2D eigenvalue weighted by Gasteiger charge is -2.12. The van der Waals surface area contributed by atoms with Gasteiger partial charge in [-0.1, -0.05) is 24.6 Å². The minimum absolute atomic E-state index is 0.645. The van der Waals surface area contributed by atoms with Crippen LogP contribution in [0.5, 0.6) is 0 Å². The maximum atomic E-state index is 7.53. The highest BCUT2D eigenvalue weighted by Gasteiger charge is 1.99. The summed E-state index contributed by atoms with van der Waals surface area (Å²) in [6.07, 6.45) is 1.05. The van der Waals surface area contributed by atoms with Crippen LogP contribution in [0.25, 0.3) is 5.73 Å². The van der Waals surface area contributed by atoms with Crippen LogP contribution in [0.2, 0.25) is 0 Å². The van der Waals surface area contributed by atoms with E-state index in [4.69, 9.17) is 5.73 Å². The molecule has 0 atom stereocenters. The normalized spacial score (nSPS) is 10.1. The highest BCUT2D eigenvalue weighted by Crippen LogP contribution is 2.25. The summed E-state index contributed by atoms with van der Waals surface area (Å²) in [4.78, 5) is 0. The fraction of sp³-hybridized carbons (Fsp3) is 0.333. The van der Waals surface area contributed by atoms with Crippen LogP contribution in [0.1, 0.15) is 18.1 Å². The first kappa shape index (κ1) is 8.84. The van der Waals surface area contributed by atoms with Crippen molar-refractivity contribution in [2.75, 3.05) is 0 Å². The largest absolute Gasteiger partial charge is 0.698 e. The highest BCUT2D eigenvalue weighted by molar-refractivity contribution is 14.1. The van der Waals surface area contributed by atoms with Crippen molar-refractivity contribution < 1.29 is 0 Å². The SMILES string of the molecule is CCc1ccc([NH-])c(C)c1I. The molecule has 0 unspecified atom stereocenters. The standard InChI is InChI=1S/C9H11IN/c1-3-7-4-5-8(11)6(2)9(7)10/h4-5,11H,3H2,1-2H3/q-1. The van der Waals surface area contributed by atoms with E-state index in [0.717, 1.165) is 12.0 Å². The molecular formula is C9H11IN-. The topological polar surface area (TPSA) is 23.8 Å². The number of halogens is 1. The predicted molar refractivity (Wildman–Crippen MR) is 57.3 cm³/mol. The Morgan fingerprint density at radius 2 is 2.09 bits per heavy atom. The van der Waals surface area contributed by atoms with Crippen molar-refractivity contribution in [3.8, 4) is 0 Å². The first-order valence-electron chi connectivity index (χ1n) is 3.66. The third-order valence-corrected chi connectivity index (χ3v) is 3.35. The monoisotopic (exact) mass is 260 g/mol. The van der Waals surface area contributed by atoms with Gasteiger partial charge in [-0.2, -0.15) is 0 Å². The van der Waals surface area contributed by atoms with Crippen molar-refractivity contribution >= 4 is 28.3 Å². The Morgan fingerprint density at radius 1 is 1.45 bits per heavy atom. The maximum absolute atomic E-state index is 7.53. The highest BCUT2D eigenvalue weighted by atomic mass is 127. The van der Waals surface area contributed by atoms with Gasteiger partial charge in [0.05, 0.1) is 0 Å². The van der Waals surface area contributed by atoms with E-state index in [1.165, 1.54) is 9.13 Å². The van der Waals surface area contributed by atoms with Crippen molar-refractivity contribution in [2.45, 2.75) is 20.3 Å². The average Bonchev–Trinajstić information content (AvgIpc) is 2.01. The van der Waals surface area contributed by atoms with Crippen molar-refractivity contribution in [1.82, 2.24) is 0 Å². The summed E-state index contributed by atoms with van der Waals surface area (Å²) in [5, 5.41) is 0. The summed E-state index contributed by atoms with van der Waals surface area (Å²) < 4.78 is 1.25. The van der Waals surface area contributed by atoms with Crippen LogP contribution in [0.4, 0.5) is 5.69 Å². The number of hydrogen-bond acceptors (Lipinski definition) is 0. The van der Waals surface area contributed by atoms with Gasteiger partial charge in [-0.25, -0.2) is 0 Å². The van der Waals surface area contributed by atoms with Crippen molar-refractivity contribution in [3.05, 3.63) is 32.6 Å². The molecule has 1 aromatic carbocycles. The number of rotatable bonds is 1. The molecule has 60 valence electrons. The smallest absolute Gasteiger partial charge is 0.0179 e. The number of hydrogen-bond donors (Lipinski definition) is 0. The summed E-state index contributed by atoms with van der Waals surface area (Å²) in [5.74, 6) is 0. The Hall–Kier alpha value is -0.250.